The van der Waals surface area contributed by atoms with Gasteiger partial charge in [-0.05, 0) is 73.1 Å². The normalized spacial score (nSPS) is 16.7. The van der Waals surface area contributed by atoms with Crippen molar-refractivity contribution in [2.75, 3.05) is 13.2 Å². The van der Waals surface area contributed by atoms with Gasteiger partial charge in [0.25, 0.3) is 0 Å². The lowest BCUT2D eigenvalue weighted by molar-refractivity contribution is 0.289. The largest absolute Gasteiger partial charge is 0.494 e. The number of H-pyrrole nitrogens is 1. The van der Waals surface area contributed by atoms with Gasteiger partial charge >= 0.3 is 0 Å². The molecule has 0 saturated heterocycles. The first-order valence-corrected chi connectivity index (χ1v) is 10.1. The molecule has 0 spiro atoms. The highest BCUT2D eigenvalue weighted by Crippen LogP contribution is 2.36. The van der Waals surface area contributed by atoms with Gasteiger partial charge in [0.2, 0.25) is 0 Å². The van der Waals surface area contributed by atoms with E-state index in [0.29, 0.717) is 5.92 Å². The highest BCUT2D eigenvalue weighted by molar-refractivity contribution is 5.89. The molecule has 1 unspecified atom stereocenters. The number of fused-ring (bicyclic) bond motifs is 3. The fourth-order valence-corrected chi connectivity index (χ4v) is 4.25. The molecule has 3 nitrogen and oxygen atoms in total. The van der Waals surface area contributed by atoms with Gasteiger partial charge in [0, 0.05) is 23.1 Å². The van der Waals surface area contributed by atoms with Crippen LogP contribution in [0.25, 0.3) is 10.9 Å². The number of aryl methyl sites for hydroxylation is 2. The van der Waals surface area contributed by atoms with Crippen LogP contribution in [0.1, 0.15) is 54.3 Å². The van der Waals surface area contributed by atoms with Crippen molar-refractivity contribution in [2.45, 2.75) is 46.6 Å². The maximum atomic E-state index is 5.99. The summed E-state index contributed by atoms with van der Waals surface area (Å²) in [5.41, 5.74) is 7.98. The number of benzene rings is 2. The fourth-order valence-electron chi connectivity index (χ4n) is 4.25. The third-order valence-electron chi connectivity index (χ3n) is 5.54. The molecule has 0 bridgehead atoms. The van der Waals surface area contributed by atoms with Gasteiger partial charge in [-0.3, -0.25) is 0 Å². The minimum Gasteiger partial charge on any atom is -0.494 e. The fraction of sp³-hybridized carbons (Fsp3) is 0.417. The smallest absolute Gasteiger partial charge is 0.119 e. The average Bonchev–Trinajstić information content (AvgIpc) is 3.00. The number of hydrogen-bond donors (Lipinski definition) is 2. The van der Waals surface area contributed by atoms with Gasteiger partial charge in [0.05, 0.1) is 12.6 Å². The van der Waals surface area contributed by atoms with E-state index in [-0.39, 0.29) is 6.04 Å². The van der Waals surface area contributed by atoms with Crippen LogP contribution in [-0.4, -0.2) is 18.1 Å². The third kappa shape index (κ3) is 3.61. The lowest BCUT2D eigenvalue weighted by Crippen LogP contribution is -2.30. The first kappa shape index (κ1) is 18.1. The first-order valence-electron chi connectivity index (χ1n) is 10.1. The second-order valence-corrected chi connectivity index (χ2v) is 8.26. The van der Waals surface area contributed by atoms with Crippen LogP contribution in [0.2, 0.25) is 0 Å². The molecule has 3 heteroatoms. The zero-order valence-electron chi connectivity index (χ0n) is 16.9. The number of rotatable bonds is 5. The summed E-state index contributed by atoms with van der Waals surface area (Å²) in [6, 6.07) is 13.3. The van der Waals surface area contributed by atoms with Crippen LogP contribution in [0.3, 0.4) is 0 Å². The molecule has 4 rings (SSSR count). The van der Waals surface area contributed by atoms with Gasteiger partial charge in [0.1, 0.15) is 5.75 Å². The Labute approximate surface area is 162 Å². The molecule has 2 heterocycles. The van der Waals surface area contributed by atoms with Crippen molar-refractivity contribution in [3.63, 3.8) is 0 Å². The Balaban J connectivity index is 1.68. The molecule has 0 aliphatic carbocycles. The van der Waals surface area contributed by atoms with Gasteiger partial charge in [-0.2, -0.15) is 0 Å². The highest BCUT2D eigenvalue weighted by Gasteiger charge is 2.26. The second kappa shape index (κ2) is 7.40. The van der Waals surface area contributed by atoms with Crippen LogP contribution in [0.4, 0.5) is 0 Å². The van der Waals surface area contributed by atoms with Crippen LogP contribution in [0, 0.1) is 19.8 Å². The molecule has 0 radical (unpaired) electrons. The summed E-state index contributed by atoms with van der Waals surface area (Å²) >= 11 is 0. The van der Waals surface area contributed by atoms with E-state index < -0.39 is 0 Å². The molecule has 0 fully saturated rings. The summed E-state index contributed by atoms with van der Waals surface area (Å²) in [6.45, 7) is 10.6. The Bertz CT molecular complexity index is 954. The molecule has 142 valence electrons. The summed E-state index contributed by atoms with van der Waals surface area (Å²) in [6.07, 6.45) is 2.15. The van der Waals surface area contributed by atoms with Crippen LogP contribution in [-0.2, 0) is 6.42 Å². The van der Waals surface area contributed by atoms with E-state index in [1.54, 1.807) is 0 Å². The van der Waals surface area contributed by atoms with E-state index in [9.17, 15) is 0 Å². The molecule has 1 aliphatic heterocycles. The number of nitrogens with one attached hydrogen (secondary N) is 2. The lowest BCUT2D eigenvalue weighted by atomic mass is 9.93. The Kier molecular flexibility index (Phi) is 4.96. The van der Waals surface area contributed by atoms with Crippen LogP contribution in [0.15, 0.2) is 36.4 Å². The molecule has 1 aromatic heterocycles. The van der Waals surface area contributed by atoms with E-state index in [1.807, 2.05) is 0 Å². The van der Waals surface area contributed by atoms with Crippen molar-refractivity contribution in [3.8, 4) is 5.75 Å². The monoisotopic (exact) mass is 362 g/mol. The van der Waals surface area contributed by atoms with Crippen LogP contribution < -0.4 is 10.1 Å². The van der Waals surface area contributed by atoms with Crippen LogP contribution in [0.5, 0.6) is 5.75 Å². The maximum Gasteiger partial charge on any atom is 0.119 e. The maximum absolute atomic E-state index is 5.99. The molecular formula is C24H30N2O. The Hall–Kier alpha value is -2.26. The number of aromatic nitrogens is 1. The molecule has 2 N–H and O–H groups in total. The van der Waals surface area contributed by atoms with E-state index in [1.165, 1.54) is 38.9 Å². The Morgan fingerprint density at radius 2 is 2.00 bits per heavy atom. The summed E-state index contributed by atoms with van der Waals surface area (Å²) in [4.78, 5) is 3.72. The number of ether oxygens (including phenoxy) is 1. The van der Waals surface area contributed by atoms with Gasteiger partial charge < -0.3 is 15.0 Å². The standard InChI is InChI=1S/C24H30N2O/c1-15(2)9-11-27-19-7-5-6-18(14-19)23-24-20(8-10-25-23)22-17(4)12-16(3)13-21(22)26-24/h5-7,12-15,23,25-26H,8-11H2,1-4H3. The second-order valence-electron chi connectivity index (χ2n) is 8.26. The van der Waals surface area contributed by atoms with E-state index in [4.69, 9.17) is 4.74 Å². The van der Waals surface area contributed by atoms with E-state index in [0.717, 1.165) is 31.7 Å². The van der Waals surface area contributed by atoms with Crippen LogP contribution >= 0.6 is 0 Å². The Morgan fingerprint density at radius 3 is 2.81 bits per heavy atom. The van der Waals surface area contributed by atoms with Crippen molar-refractivity contribution in [1.29, 1.82) is 0 Å². The van der Waals surface area contributed by atoms with Gasteiger partial charge in [0.15, 0.2) is 0 Å². The zero-order valence-corrected chi connectivity index (χ0v) is 16.9. The molecule has 1 atom stereocenters. The minimum absolute atomic E-state index is 0.189. The molecule has 27 heavy (non-hydrogen) atoms. The molecular weight excluding hydrogens is 332 g/mol. The average molecular weight is 363 g/mol. The number of aromatic amines is 1. The molecule has 0 amide bonds. The minimum atomic E-state index is 0.189. The zero-order chi connectivity index (χ0) is 19.0. The summed E-state index contributed by atoms with van der Waals surface area (Å²) in [5.74, 6) is 1.62. The molecule has 3 aromatic rings. The summed E-state index contributed by atoms with van der Waals surface area (Å²) in [7, 11) is 0. The SMILES string of the molecule is Cc1cc(C)c2c3c([nH]c2c1)C(c1cccc(OCCC(C)C)c1)NCC3. The van der Waals surface area contributed by atoms with Gasteiger partial charge in [-0.15, -0.1) is 0 Å². The molecule has 0 saturated carbocycles. The van der Waals surface area contributed by atoms with Crippen molar-refractivity contribution >= 4 is 10.9 Å². The predicted octanol–water partition coefficient (Wildman–Crippen LogP) is 5.44. The van der Waals surface area contributed by atoms with Crippen molar-refractivity contribution in [2.24, 2.45) is 5.92 Å². The van der Waals surface area contributed by atoms with Gasteiger partial charge in [-0.1, -0.05) is 32.0 Å². The lowest BCUT2D eigenvalue weighted by Gasteiger charge is -2.25. The molecule has 2 aromatic carbocycles. The number of hydrogen-bond acceptors (Lipinski definition) is 2. The highest BCUT2D eigenvalue weighted by atomic mass is 16.5. The van der Waals surface area contributed by atoms with E-state index >= 15 is 0 Å². The summed E-state index contributed by atoms with van der Waals surface area (Å²) in [5, 5.41) is 5.11. The van der Waals surface area contributed by atoms with Crippen molar-refractivity contribution in [1.82, 2.24) is 10.3 Å². The Morgan fingerprint density at radius 1 is 1.15 bits per heavy atom. The first-order chi connectivity index (χ1) is 13.0. The van der Waals surface area contributed by atoms with Crippen molar-refractivity contribution in [3.05, 3.63) is 64.3 Å². The predicted molar refractivity (Wildman–Crippen MR) is 113 cm³/mol. The quantitative estimate of drug-likeness (QED) is 0.634. The third-order valence-corrected chi connectivity index (χ3v) is 5.54. The van der Waals surface area contributed by atoms with Gasteiger partial charge in [-0.25, -0.2) is 0 Å². The van der Waals surface area contributed by atoms with Crippen molar-refractivity contribution < 1.29 is 4.74 Å². The molecule has 1 aliphatic rings. The topological polar surface area (TPSA) is 37.0 Å². The summed E-state index contributed by atoms with van der Waals surface area (Å²) < 4.78 is 5.99. The van der Waals surface area contributed by atoms with E-state index in [2.05, 4.69) is 74.4 Å².